The van der Waals surface area contributed by atoms with Crippen LogP contribution in [0.4, 0.5) is 0 Å². The molecule has 0 aromatic carbocycles. The Labute approximate surface area is 104 Å². The summed E-state index contributed by atoms with van der Waals surface area (Å²) < 4.78 is 0. The molecule has 3 nitrogen and oxygen atoms in total. The van der Waals surface area contributed by atoms with E-state index in [1.165, 1.54) is 9.75 Å². The minimum absolute atomic E-state index is 0.958. The summed E-state index contributed by atoms with van der Waals surface area (Å²) in [5.41, 5.74) is 0. The van der Waals surface area contributed by atoms with Gasteiger partial charge in [0.25, 0.3) is 0 Å². The van der Waals surface area contributed by atoms with Crippen LogP contribution in [-0.4, -0.2) is 23.8 Å². The topological polar surface area (TPSA) is 37.8 Å². The molecule has 2 aromatic heterocycles. The monoisotopic (exact) mass is 253 g/mol. The second-order valence-corrected chi connectivity index (χ2v) is 5.70. The van der Waals surface area contributed by atoms with Crippen molar-refractivity contribution in [3.63, 3.8) is 0 Å². The lowest BCUT2D eigenvalue weighted by atomic mass is 10.4. The third-order valence-electron chi connectivity index (χ3n) is 2.28. The third-order valence-corrected chi connectivity index (χ3v) is 4.66. The molecule has 0 saturated carbocycles. The lowest BCUT2D eigenvalue weighted by Gasteiger charge is -1.91. The van der Waals surface area contributed by atoms with Crippen LogP contribution in [0.3, 0.4) is 0 Å². The maximum Gasteiger partial charge on any atom is 0.157 e. The lowest BCUT2D eigenvalue weighted by Crippen LogP contribution is -2.09. The van der Waals surface area contributed by atoms with Crippen molar-refractivity contribution in [3.8, 4) is 9.88 Å². The van der Waals surface area contributed by atoms with Gasteiger partial charge in [-0.15, -0.1) is 21.5 Å². The van der Waals surface area contributed by atoms with Gasteiger partial charge in [-0.3, -0.25) is 0 Å². The zero-order valence-corrected chi connectivity index (χ0v) is 11.1. The molecule has 0 fully saturated rings. The average molecular weight is 253 g/mol. The summed E-state index contributed by atoms with van der Waals surface area (Å²) in [6.07, 6.45) is 2.05. The molecule has 2 aromatic rings. The Bertz CT molecular complexity index is 448. The Morgan fingerprint density at radius 1 is 1.25 bits per heavy atom. The van der Waals surface area contributed by atoms with E-state index in [4.69, 9.17) is 0 Å². The predicted molar refractivity (Wildman–Crippen MR) is 70.2 cm³/mol. The number of hydrogen-bond donors (Lipinski definition) is 1. The van der Waals surface area contributed by atoms with E-state index in [9.17, 15) is 0 Å². The van der Waals surface area contributed by atoms with Gasteiger partial charge in [0, 0.05) is 17.8 Å². The highest BCUT2D eigenvalue weighted by Crippen LogP contribution is 2.30. The number of hydrogen-bond acceptors (Lipinski definition) is 5. The van der Waals surface area contributed by atoms with E-state index >= 15 is 0 Å². The molecule has 0 spiro atoms. The summed E-state index contributed by atoms with van der Waals surface area (Å²) in [5, 5.41) is 13.7. The Balaban J connectivity index is 2.11. The first kappa shape index (κ1) is 11.7. The minimum atomic E-state index is 0.958. The van der Waals surface area contributed by atoms with Crippen LogP contribution in [0.1, 0.15) is 16.8 Å². The first-order valence-corrected chi connectivity index (χ1v) is 7.03. The predicted octanol–water partition coefficient (Wildman–Crippen LogP) is 2.59. The summed E-state index contributed by atoms with van der Waals surface area (Å²) in [6, 6.07) is 4.32. The summed E-state index contributed by atoms with van der Waals surface area (Å²) in [4.78, 5) is 2.65. The van der Waals surface area contributed by atoms with Gasteiger partial charge in [0.2, 0.25) is 0 Å². The molecule has 16 heavy (non-hydrogen) atoms. The van der Waals surface area contributed by atoms with Crippen molar-refractivity contribution in [3.05, 3.63) is 22.0 Å². The lowest BCUT2D eigenvalue weighted by molar-refractivity contribution is 0.779. The molecule has 0 amide bonds. The van der Waals surface area contributed by atoms with Crippen LogP contribution >= 0.6 is 22.7 Å². The Morgan fingerprint density at radius 3 is 2.81 bits per heavy atom. The number of thiophene rings is 1. The van der Waals surface area contributed by atoms with Crippen molar-refractivity contribution in [2.24, 2.45) is 0 Å². The molecule has 0 saturated heterocycles. The fourth-order valence-corrected chi connectivity index (χ4v) is 3.21. The van der Waals surface area contributed by atoms with Crippen LogP contribution in [0.25, 0.3) is 9.88 Å². The fraction of sp³-hybridized carbons (Fsp3) is 0.455. The number of nitrogens with one attached hydrogen (secondary N) is 1. The zero-order valence-electron chi connectivity index (χ0n) is 9.49. The van der Waals surface area contributed by atoms with E-state index in [1.54, 1.807) is 11.3 Å². The van der Waals surface area contributed by atoms with Crippen LogP contribution in [0.2, 0.25) is 0 Å². The van der Waals surface area contributed by atoms with E-state index in [1.807, 2.05) is 18.4 Å². The second-order valence-electron chi connectivity index (χ2n) is 3.47. The van der Waals surface area contributed by atoms with Crippen molar-refractivity contribution in [2.75, 3.05) is 13.6 Å². The molecular weight excluding hydrogens is 238 g/mol. The molecule has 1 N–H and O–H groups in total. The van der Waals surface area contributed by atoms with Crippen molar-refractivity contribution in [2.45, 2.75) is 19.8 Å². The Kier molecular flexibility index (Phi) is 4.04. The quantitative estimate of drug-likeness (QED) is 0.890. The standard InChI is InChI=1S/C11H15N3S2/c1-3-8-4-5-9(15-8)11-14-13-10(16-11)6-7-12-2/h4-5,12H,3,6-7H2,1-2H3. The SMILES string of the molecule is CCc1ccc(-c2nnc(CCNC)s2)s1. The van der Waals surface area contributed by atoms with Gasteiger partial charge < -0.3 is 5.32 Å². The van der Waals surface area contributed by atoms with Crippen molar-refractivity contribution < 1.29 is 0 Å². The maximum atomic E-state index is 4.24. The first-order chi connectivity index (χ1) is 7.83. The minimum Gasteiger partial charge on any atom is -0.319 e. The molecule has 2 heterocycles. The molecule has 0 aliphatic heterocycles. The molecule has 86 valence electrons. The number of rotatable bonds is 5. The highest BCUT2D eigenvalue weighted by Gasteiger charge is 2.08. The molecule has 0 aliphatic carbocycles. The van der Waals surface area contributed by atoms with Crippen LogP contribution < -0.4 is 5.32 Å². The highest BCUT2D eigenvalue weighted by atomic mass is 32.1. The normalized spacial score (nSPS) is 10.9. The number of aromatic nitrogens is 2. The van der Waals surface area contributed by atoms with Gasteiger partial charge in [-0.2, -0.15) is 0 Å². The zero-order chi connectivity index (χ0) is 11.4. The molecule has 0 bridgehead atoms. The molecule has 0 aliphatic rings. The molecule has 5 heteroatoms. The summed E-state index contributed by atoms with van der Waals surface area (Å²) >= 11 is 3.51. The van der Waals surface area contributed by atoms with Crippen LogP contribution in [0.5, 0.6) is 0 Å². The van der Waals surface area contributed by atoms with Gasteiger partial charge in [-0.05, 0) is 25.6 Å². The van der Waals surface area contributed by atoms with Gasteiger partial charge in [0.15, 0.2) is 5.01 Å². The Hall–Kier alpha value is -0.780. The molecular formula is C11H15N3S2. The summed E-state index contributed by atoms with van der Waals surface area (Å²) in [7, 11) is 1.95. The number of nitrogens with zero attached hydrogens (tertiary/aromatic N) is 2. The first-order valence-electron chi connectivity index (χ1n) is 5.39. The van der Waals surface area contributed by atoms with Crippen molar-refractivity contribution in [1.29, 1.82) is 0 Å². The van der Waals surface area contributed by atoms with Gasteiger partial charge in [-0.1, -0.05) is 18.3 Å². The van der Waals surface area contributed by atoms with Crippen LogP contribution in [0, 0.1) is 0 Å². The van der Waals surface area contributed by atoms with Crippen molar-refractivity contribution >= 4 is 22.7 Å². The van der Waals surface area contributed by atoms with E-state index < -0.39 is 0 Å². The second kappa shape index (κ2) is 5.52. The van der Waals surface area contributed by atoms with E-state index in [2.05, 4.69) is 34.6 Å². The molecule has 2 rings (SSSR count). The fourth-order valence-electron chi connectivity index (χ4n) is 1.37. The Morgan fingerprint density at radius 2 is 2.12 bits per heavy atom. The average Bonchev–Trinajstić information content (AvgIpc) is 2.94. The van der Waals surface area contributed by atoms with E-state index in [-0.39, 0.29) is 0 Å². The van der Waals surface area contributed by atoms with E-state index in [0.29, 0.717) is 0 Å². The summed E-state index contributed by atoms with van der Waals surface area (Å²) in [5.74, 6) is 0. The van der Waals surface area contributed by atoms with Gasteiger partial charge in [-0.25, -0.2) is 0 Å². The molecule has 0 atom stereocenters. The van der Waals surface area contributed by atoms with Gasteiger partial charge in [0.1, 0.15) is 5.01 Å². The highest BCUT2D eigenvalue weighted by molar-refractivity contribution is 7.21. The van der Waals surface area contributed by atoms with E-state index in [0.717, 1.165) is 29.4 Å². The van der Waals surface area contributed by atoms with Crippen LogP contribution in [-0.2, 0) is 12.8 Å². The van der Waals surface area contributed by atoms with Gasteiger partial charge >= 0.3 is 0 Å². The largest absolute Gasteiger partial charge is 0.319 e. The van der Waals surface area contributed by atoms with Crippen LogP contribution in [0.15, 0.2) is 12.1 Å². The summed E-state index contributed by atoms with van der Waals surface area (Å²) in [6.45, 7) is 3.13. The number of aryl methyl sites for hydroxylation is 1. The number of likely N-dealkylation sites (N-methyl/N-ethyl adjacent to an activating group) is 1. The molecule has 0 unspecified atom stereocenters. The molecule has 0 radical (unpaired) electrons. The maximum absolute atomic E-state index is 4.24. The third kappa shape index (κ3) is 2.66. The van der Waals surface area contributed by atoms with Gasteiger partial charge in [0.05, 0.1) is 4.88 Å². The smallest absolute Gasteiger partial charge is 0.157 e. The van der Waals surface area contributed by atoms with Crippen molar-refractivity contribution in [1.82, 2.24) is 15.5 Å².